The standard InChI is InChI=1S/C15H14O5S/c16-21(17,20-12-5-2-1-3-6-12)13-7-8-14-15(11-13)19-10-4-9-18-14/h1-3,5-8,11H,4,9-10H2. The molecule has 0 radical (unpaired) electrons. The Morgan fingerprint density at radius 2 is 1.62 bits per heavy atom. The van der Waals surface area contributed by atoms with E-state index in [1.54, 1.807) is 36.4 Å². The molecule has 0 aromatic heterocycles. The predicted molar refractivity (Wildman–Crippen MR) is 76.3 cm³/mol. The maximum atomic E-state index is 12.3. The van der Waals surface area contributed by atoms with Crippen LogP contribution in [0.1, 0.15) is 6.42 Å². The molecule has 110 valence electrons. The number of hydrogen-bond donors (Lipinski definition) is 0. The Kier molecular flexibility index (Phi) is 3.70. The smallest absolute Gasteiger partial charge is 0.339 e. The van der Waals surface area contributed by atoms with Gasteiger partial charge in [0.15, 0.2) is 11.5 Å². The molecule has 0 N–H and O–H groups in total. The zero-order valence-corrected chi connectivity index (χ0v) is 12.0. The lowest BCUT2D eigenvalue weighted by atomic mass is 10.3. The summed E-state index contributed by atoms with van der Waals surface area (Å²) in [7, 11) is -3.89. The van der Waals surface area contributed by atoms with Gasteiger partial charge in [-0.1, -0.05) is 18.2 Å². The fourth-order valence-corrected chi connectivity index (χ4v) is 2.90. The molecule has 3 rings (SSSR count). The molecule has 1 aliphatic rings. The van der Waals surface area contributed by atoms with E-state index in [1.807, 2.05) is 0 Å². The summed E-state index contributed by atoms with van der Waals surface area (Å²) in [5.74, 6) is 1.24. The summed E-state index contributed by atoms with van der Waals surface area (Å²) in [5.41, 5.74) is 0. The number of ether oxygens (including phenoxy) is 2. The van der Waals surface area contributed by atoms with Crippen molar-refractivity contribution in [2.24, 2.45) is 0 Å². The van der Waals surface area contributed by atoms with Gasteiger partial charge in [-0.2, -0.15) is 8.42 Å². The summed E-state index contributed by atoms with van der Waals surface area (Å²) >= 11 is 0. The van der Waals surface area contributed by atoms with Gasteiger partial charge in [0.25, 0.3) is 0 Å². The van der Waals surface area contributed by atoms with Crippen LogP contribution < -0.4 is 13.7 Å². The van der Waals surface area contributed by atoms with E-state index in [-0.39, 0.29) is 10.6 Å². The third kappa shape index (κ3) is 3.11. The number of rotatable bonds is 3. The van der Waals surface area contributed by atoms with Crippen LogP contribution in [0.15, 0.2) is 53.4 Å². The van der Waals surface area contributed by atoms with Gasteiger partial charge in [0, 0.05) is 12.5 Å². The minimum atomic E-state index is -3.89. The van der Waals surface area contributed by atoms with Crippen molar-refractivity contribution in [3.63, 3.8) is 0 Å². The van der Waals surface area contributed by atoms with Crippen LogP contribution in [0.4, 0.5) is 0 Å². The van der Waals surface area contributed by atoms with Gasteiger partial charge >= 0.3 is 10.1 Å². The molecular weight excluding hydrogens is 292 g/mol. The third-order valence-corrected chi connectivity index (χ3v) is 4.20. The molecule has 0 unspecified atom stereocenters. The average molecular weight is 306 g/mol. The van der Waals surface area contributed by atoms with E-state index in [9.17, 15) is 8.42 Å². The van der Waals surface area contributed by atoms with Gasteiger partial charge in [-0.3, -0.25) is 0 Å². The molecule has 1 heterocycles. The van der Waals surface area contributed by atoms with Crippen LogP contribution in [-0.2, 0) is 10.1 Å². The minimum absolute atomic E-state index is 0.0376. The highest BCUT2D eigenvalue weighted by molar-refractivity contribution is 7.87. The van der Waals surface area contributed by atoms with Crippen LogP contribution in [0.5, 0.6) is 17.2 Å². The highest BCUT2D eigenvalue weighted by Gasteiger charge is 2.20. The molecule has 0 saturated carbocycles. The Bertz CT molecular complexity index is 725. The molecular formula is C15H14O5S. The van der Waals surface area contributed by atoms with Crippen molar-refractivity contribution < 1.29 is 22.1 Å². The van der Waals surface area contributed by atoms with Gasteiger partial charge in [0.2, 0.25) is 0 Å². The van der Waals surface area contributed by atoms with Crippen LogP contribution in [0.3, 0.4) is 0 Å². The number of benzene rings is 2. The molecule has 6 heteroatoms. The minimum Gasteiger partial charge on any atom is -0.490 e. The normalized spacial score (nSPS) is 14.3. The quantitative estimate of drug-likeness (QED) is 0.816. The Morgan fingerprint density at radius 3 is 2.38 bits per heavy atom. The fraction of sp³-hybridized carbons (Fsp3) is 0.200. The SMILES string of the molecule is O=S(=O)(Oc1ccccc1)c1ccc2c(c1)OCCCO2. The van der Waals surface area contributed by atoms with Crippen LogP contribution in [0.25, 0.3) is 0 Å². The molecule has 0 amide bonds. The lowest BCUT2D eigenvalue weighted by Gasteiger charge is -2.10. The zero-order chi connectivity index (χ0) is 14.7. The monoisotopic (exact) mass is 306 g/mol. The van der Waals surface area contributed by atoms with Crippen molar-refractivity contribution in [3.8, 4) is 17.2 Å². The van der Waals surface area contributed by atoms with E-state index in [1.165, 1.54) is 12.1 Å². The highest BCUT2D eigenvalue weighted by Crippen LogP contribution is 2.32. The van der Waals surface area contributed by atoms with E-state index in [2.05, 4.69) is 0 Å². The highest BCUT2D eigenvalue weighted by atomic mass is 32.2. The van der Waals surface area contributed by atoms with E-state index in [0.29, 0.717) is 24.7 Å². The van der Waals surface area contributed by atoms with Crippen molar-refractivity contribution in [1.29, 1.82) is 0 Å². The molecule has 0 fully saturated rings. The Morgan fingerprint density at radius 1 is 0.905 bits per heavy atom. The van der Waals surface area contributed by atoms with Gasteiger partial charge < -0.3 is 13.7 Å². The van der Waals surface area contributed by atoms with E-state index in [4.69, 9.17) is 13.7 Å². The number of para-hydroxylation sites is 1. The van der Waals surface area contributed by atoms with Gasteiger partial charge in [-0.05, 0) is 24.3 Å². The predicted octanol–water partition coefficient (Wildman–Crippen LogP) is 2.62. The summed E-state index contributed by atoms with van der Waals surface area (Å²) in [6.45, 7) is 1.05. The first-order chi connectivity index (χ1) is 10.1. The second kappa shape index (κ2) is 5.65. The van der Waals surface area contributed by atoms with Gasteiger partial charge in [-0.25, -0.2) is 0 Å². The molecule has 21 heavy (non-hydrogen) atoms. The average Bonchev–Trinajstić information content (AvgIpc) is 2.72. The van der Waals surface area contributed by atoms with Crippen molar-refractivity contribution in [2.45, 2.75) is 11.3 Å². The molecule has 1 aliphatic heterocycles. The van der Waals surface area contributed by atoms with E-state index >= 15 is 0 Å². The summed E-state index contributed by atoms with van der Waals surface area (Å²) in [6.07, 6.45) is 0.761. The zero-order valence-electron chi connectivity index (χ0n) is 11.2. The van der Waals surface area contributed by atoms with Crippen molar-refractivity contribution in [3.05, 3.63) is 48.5 Å². The van der Waals surface area contributed by atoms with Crippen LogP contribution in [-0.4, -0.2) is 21.6 Å². The van der Waals surface area contributed by atoms with Crippen LogP contribution in [0.2, 0.25) is 0 Å². The summed E-state index contributed by atoms with van der Waals surface area (Å²) in [5, 5.41) is 0. The Balaban J connectivity index is 1.90. The lowest BCUT2D eigenvalue weighted by molar-refractivity contribution is 0.296. The van der Waals surface area contributed by atoms with Crippen LogP contribution in [0, 0.1) is 0 Å². The van der Waals surface area contributed by atoms with Gasteiger partial charge in [0.1, 0.15) is 10.6 Å². The lowest BCUT2D eigenvalue weighted by Crippen LogP contribution is -2.10. The molecule has 0 saturated heterocycles. The maximum Gasteiger partial charge on any atom is 0.339 e. The Hall–Kier alpha value is -2.21. The van der Waals surface area contributed by atoms with E-state index < -0.39 is 10.1 Å². The number of fused-ring (bicyclic) bond motifs is 1. The Labute approximate surface area is 123 Å². The largest absolute Gasteiger partial charge is 0.490 e. The summed E-state index contributed by atoms with van der Waals surface area (Å²) in [4.78, 5) is 0.0376. The molecule has 2 aromatic carbocycles. The second-order valence-corrected chi connectivity index (χ2v) is 6.06. The molecule has 0 spiro atoms. The molecule has 5 nitrogen and oxygen atoms in total. The molecule has 0 atom stereocenters. The van der Waals surface area contributed by atoms with E-state index in [0.717, 1.165) is 6.42 Å². The maximum absolute atomic E-state index is 12.3. The molecule has 0 bridgehead atoms. The number of hydrogen-bond acceptors (Lipinski definition) is 5. The van der Waals surface area contributed by atoms with Crippen LogP contribution >= 0.6 is 0 Å². The van der Waals surface area contributed by atoms with Gasteiger partial charge in [-0.15, -0.1) is 0 Å². The van der Waals surface area contributed by atoms with Crippen molar-refractivity contribution >= 4 is 10.1 Å². The summed E-state index contributed by atoms with van der Waals surface area (Å²) in [6, 6.07) is 12.8. The molecule has 0 aliphatic carbocycles. The third-order valence-electron chi connectivity index (χ3n) is 2.96. The first kappa shape index (κ1) is 13.8. The fourth-order valence-electron chi connectivity index (χ4n) is 1.95. The van der Waals surface area contributed by atoms with Crippen molar-refractivity contribution in [2.75, 3.05) is 13.2 Å². The second-order valence-electron chi connectivity index (χ2n) is 4.51. The topological polar surface area (TPSA) is 61.8 Å². The molecule has 2 aromatic rings. The first-order valence-electron chi connectivity index (χ1n) is 6.54. The van der Waals surface area contributed by atoms with Crippen molar-refractivity contribution in [1.82, 2.24) is 0 Å². The summed E-state index contributed by atoms with van der Waals surface area (Å²) < 4.78 is 40.6. The van der Waals surface area contributed by atoms with Gasteiger partial charge in [0.05, 0.1) is 13.2 Å². The first-order valence-corrected chi connectivity index (χ1v) is 7.95.